The Morgan fingerprint density at radius 1 is 1.29 bits per heavy atom. The van der Waals surface area contributed by atoms with Crippen LogP contribution in [0, 0.1) is 18.8 Å². The molecule has 1 amide bonds. The molecule has 1 aromatic rings. The molecular formula is C16H23NO3S. The van der Waals surface area contributed by atoms with E-state index in [1.807, 2.05) is 19.9 Å². The molecule has 21 heavy (non-hydrogen) atoms. The summed E-state index contributed by atoms with van der Waals surface area (Å²) in [5, 5.41) is 9.33. The van der Waals surface area contributed by atoms with Crippen molar-refractivity contribution in [2.24, 2.45) is 11.8 Å². The van der Waals surface area contributed by atoms with Crippen LogP contribution in [0.25, 0.3) is 0 Å². The molecule has 1 heterocycles. The Hall–Kier alpha value is -1.36. The van der Waals surface area contributed by atoms with Crippen LogP contribution in [0.1, 0.15) is 48.4 Å². The number of thiophene rings is 1. The normalized spacial score (nSPS) is 23.6. The van der Waals surface area contributed by atoms with Crippen molar-refractivity contribution in [3.63, 3.8) is 0 Å². The molecule has 0 aliphatic heterocycles. The minimum absolute atomic E-state index is 0.00688. The molecule has 0 aromatic carbocycles. The van der Waals surface area contributed by atoms with Gasteiger partial charge in [0.1, 0.15) is 0 Å². The van der Waals surface area contributed by atoms with Crippen LogP contribution in [-0.4, -0.2) is 28.9 Å². The third-order valence-corrected chi connectivity index (χ3v) is 5.67. The van der Waals surface area contributed by atoms with Crippen LogP contribution < -0.4 is 0 Å². The predicted octanol–water partition coefficient (Wildman–Crippen LogP) is 3.47. The molecule has 4 nitrogen and oxygen atoms in total. The molecule has 116 valence electrons. The summed E-state index contributed by atoms with van der Waals surface area (Å²) in [6, 6.07) is 4.09. The highest BCUT2D eigenvalue weighted by molar-refractivity contribution is 7.12. The summed E-state index contributed by atoms with van der Waals surface area (Å²) < 4.78 is 0. The molecule has 2 rings (SSSR count). The monoisotopic (exact) mass is 309 g/mol. The zero-order valence-electron chi connectivity index (χ0n) is 12.8. The zero-order chi connectivity index (χ0) is 15.6. The lowest BCUT2D eigenvalue weighted by atomic mass is 9.78. The van der Waals surface area contributed by atoms with E-state index >= 15 is 0 Å². The first-order valence-corrected chi connectivity index (χ1v) is 8.29. The highest BCUT2D eigenvalue weighted by Crippen LogP contribution is 2.34. The van der Waals surface area contributed by atoms with Gasteiger partial charge in [-0.05, 0) is 38.8 Å². The van der Waals surface area contributed by atoms with Gasteiger partial charge in [-0.2, -0.15) is 0 Å². The molecule has 1 N–H and O–H groups in total. The van der Waals surface area contributed by atoms with Crippen LogP contribution in [0.2, 0.25) is 0 Å². The topological polar surface area (TPSA) is 57.6 Å². The van der Waals surface area contributed by atoms with Gasteiger partial charge >= 0.3 is 5.97 Å². The van der Waals surface area contributed by atoms with Crippen molar-refractivity contribution < 1.29 is 14.7 Å². The highest BCUT2D eigenvalue weighted by Gasteiger charge is 2.38. The number of aryl methyl sites for hydroxylation is 1. The average Bonchev–Trinajstić information content (AvgIpc) is 2.91. The maximum absolute atomic E-state index is 12.7. The lowest BCUT2D eigenvalue weighted by Gasteiger charge is -2.33. The van der Waals surface area contributed by atoms with Crippen LogP contribution in [0.4, 0.5) is 0 Å². The molecule has 0 bridgehead atoms. The van der Waals surface area contributed by atoms with E-state index in [4.69, 9.17) is 0 Å². The first kappa shape index (κ1) is 16.0. The van der Waals surface area contributed by atoms with Crippen molar-refractivity contribution >= 4 is 23.2 Å². The molecule has 1 aromatic heterocycles. The van der Waals surface area contributed by atoms with E-state index in [2.05, 4.69) is 6.07 Å². The molecule has 0 saturated heterocycles. The summed E-state index contributed by atoms with van der Waals surface area (Å²) >= 11 is 1.69. The van der Waals surface area contributed by atoms with Gasteiger partial charge in [0.2, 0.25) is 5.91 Å². The Labute approximate surface area is 129 Å². The molecule has 3 atom stereocenters. The second-order valence-electron chi connectivity index (χ2n) is 5.91. The van der Waals surface area contributed by atoms with E-state index in [-0.39, 0.29) is 17.9 Å². The smallest absolute Gasteiger partial charge is 0.307 e. The van der Waals surface area contributed by atoms with E-state index in [0.717, 1.165) is 17.7 Å². The number of carbonyl (C=O) groups is 2. The van der Waals surface area contributed by atoms with E-state index in [0.29, 0.717) is 12.8 Å². The lowest BCUT2D eigenvalue weighted by Crippen LogP contribution is -2.41. The zero-order valence-corrected chi connectivity index (χ0v) is 13.7. The fourth-order valence-corrected chi connectivity index (χ4v) is 4.02. The first-order chi connectivity index (χ1) is 9.91. The Morgan fingerprint density at radius 3 is 2.43 bits per heavy atom. The second kappa shape index (κ2) is 6.60. The number of amides is 1. The molecule has 1 unspecified atom stereocenters. The van der Waals surface area contributed by atoms with Gasteiger partial charge in [-0.3, -0.25) is 9.59 Å². The van der Waals surface area contributed by atoms with Crippen molar-refractivity contribution in [1.29, 1.82) is 0 Å². The Morgan fingerprint density at radius 2 is 1.90 bits per heavy atom. The van der Waals surface area contributed by atoms with Crippen molar-refractivity contribution in [2.75, 3.05) is 7.05 Å². The minimum atomic E-state index is -0.832. The van der Waals surface area contributed by atoms with Gasteiger partial charge in [-0.15, -0.1) is 11.3 Å². The quantitative estimate of drug-likeness (QED) is 0.926. The van der Waals surface area contributed by atoms with E-state index < -0.39 is 11.9 Å². The number of hydrogen-bond donors (Lipinski definition) is 1. The molecule has 1 aliphatic carbocycles. The SMILES string of the molecule is Cc1ccc(C(C)N(C)C(=O)[C@@H]2CCCC[C@@H]2C(=O)O)s1. The number of aliphatic carboxylic acids is 1. The number of carbonyl (C=O) groups excluding carboxylic acids is 1. The lowest BCUT2D eigenvalue weighted by molar-refractivity contribution is -0.152. The molecule has 1 saturated carbocycles. The molecular weight excluding hydrogens is 286 g/mol. The maximum atomic E-state index is 12.7. The van der Waals surface area contributed by atoms with Crippen LogP contribution in [0.3, 0.4) is 0 Å². The third kappa shape index (κ3) is 3.46. The van der Waals surface area contributed by atoms with Crippen molar-refractivity contribution in [3.8, 4) is 0 Å². The Bertz CT molecular complexity index is 525. The fraction of sp³-hybridized carbons (Fsp3) is 0.625. The number of rotatable bonds is 4. The summed E-state index contributed by atoms with van der Waals surface area (Å²) in [6.07, 6.45) is 3.16. The summed E-state index contributed by atoms with van der Waals surface area (Å²) in [4.78, 5) is 28.2. The summed E-state index contributed by atoms with van der Waals surface area (Å²) in [7, 11) is 1.79. The van der Waals surface area contributed by atoms with E-state index in [1.54, 1.807) is 23.3 Å². The largest absolute Gasteiger partial charge is 0.481 e. The van der Waals surface area contributed by atoms with Crippen LogP contribution in [0.15, 0.2) is 12.1 Å². The van der Waals surface area contributed by atoms with Gasteiger partial charge in [-0.25, -0.2) is 0 Å². The highest BCUT2D eigenvalue weighted by atomic mass is 32.1. The minimum Gasteiger partial charge on any atom is -0.481 e. The molecule has 1 fully saturated rings. The predicted molar refractivity (Wildman–Crippen MR) is 83.3 cm³/mol. The van der Waals surface area contributed by atoms with Crippen LogP contribution in [0.5, 0.6) is 0 Å². The average molecular weight is 309 g/mol. The van der Waals surface area contributed by atoms with Crippen LogP contribution >= 0.6 is 11.3 Å². The fourth-order valence-electron chi connectivity index (χ4n) is 3.04. The van der Waals surface area contributed by atoms with Crippen LogP contribution in [-0.2, 0) is 9.59 Å². The van der Waals surface area contributed by atoms with Crippen molar-refractivity contribution in [3.05, 3.63) is 21.9 Å². The molecule has 0 spiro atoms. The Kier molecular flexibility index (Phi) is 5.04. The Balaban J connectivity index is 2.12. The van der Waals surface area contributed by atoms with E-state index in [1.165, 1.54) is 4.88 Å². The summed E-state index contributed by atoms with van der Waals surface area (Å²) in [6.45, 7) is 4.05. The van der Waals surface area contributed by atoms with Gasteiger partial charge in [0.25, 0.3) is 0 Å². The summed E-state index contributed by atoms with van der Waals surface area (Å²) in [5.41, 5.74) is 0. The molecule has 0 radical (unpaired) electrons. The summed E-state index contributed by atoms with van der Waals surface area (Å²) in [5.74, 6) is -1.75. The number of nitrogens with zero attached hydrogens (tertiary/aromatic N) is 1. The molecule has 5 heteroatoms. The van der Waals surface area contributed by atoms with Gasteiger partial charge in [-0.1, -0.05) is 12.8 Å². The van der Waals surface area contributed by atoms with Gasteiger partial charge < -0.3 is 10.0 Å². The number of hydrogen-bond acceptors (Lipinski definition) is 3. The van der Waals surface area contributed by atoms with Crippen molar-refractivity contribution in [1.82, 2.24) is 4.90 Å². The number of carboxylic acid groups (broad SMARTS) is 1. The standard InChI is InChI=1S/C16H23NO3S/c1-10-8-9-14(21-10)11(2)17(3)15(18)12-6-4-5-7-13(12)16(19)20/h8-9,11-13H,4-7H2,1-3H3,(H,19,20)/t11?,12-,13+/m1/s1. The van der Waals surface area contributed by atoms with Gasteiger partial charge in [0, 0.05) is 16.8 Å². The maximum Gasteiger partial charge on any atom is 0.307 e. The van der Waals surface area contributed by atoms with Crippen molar-refractivity contribution in [2.45, 2.75) is 45.6 Å². The first-order valence-electron chi connectivity index (χ1n) is 7.47. The van der Waals surface area contributed by atoms with Gasteiger partial charge in [0.15, 0.2) is 0 Å². The van der Waals surface area contributed by atoms with Gasteiger partial charge in [0.05, 0.1) is 17.9 Å². The second-order valence-corrected chi connectivity index (χ2v) is 7.23. The third-order valence-electron chi connectivity index (χ3n) is 4.50. The number of carboxylic acids is 1. The van der Waals surface area contributed by atoms with E-state index in [9.17, 15) is 14.7 Å². The molecule has 1 aliphatic rings.